The third kappa shape index (κ3) is 8.59. The lowest BCUT2D eigenvalue weighted by Gasteiger charge is -2.28. The molecule has 1 aliphatic heterocycles. The van der Waals surface area contributed by atoms with E-state index in [0.717, 1.165) is 87.4 Å². The van der Waals surface area contributed by atoms with E-state index in [1.807, 2.05) is 19.1 Å². The van der Waals surface area contributed by atoms with Crippen LogP contribution in [0.1, 0.15) is 56.2 Å². The standard InChI is InChI=1S/C35H43FN2O3S/c1-26(29-9-13-33(36)14-10-29)37-35(39)31-7-5-27(6-8-31)18-24-42(40)34-15-11-30(12-16-34)32-4-2-3-28(25-32)17-19-38-20-22-41-23-21-38/h2-4,9-16,25-27,31H,5-8,17-24H2,1H3,(H,37,39). The number of ether oxygens (including phenoxy) is 1. The summed E-state index contributed by atoms with van der Waals surface area (Å²) in [6.07, 6.45) is 5.64. The minimum atomic E-state index is -1.03. The normalized spacial score (nSPS) is 21.0. The number of amides is 1. The molecule has 2 unspecified atom stereocenters. The quantitative estimate of drug-likeness (QED) is 0.275. The molecule has 1 saturated carbocycles. The van der Waals surface area contributed by atoms with Crippen molar-refractivity contribution < 1.29 is 18.1 Å². The number of nitrogens with zero attached hydrogens (tertiary/aromatic N) is 1. The molecule has 1 saturated heterocycles. The van der Waals surface area contributed by atoms with Gasteiger partial charge in [-0.15, -0.1) is 0 Å². The average molecular weight is 591 g/mol. The maximum absolute atomic E-state index is 13.2. The molecule has 224 valence electrons. The van der Waals surface area contributed by atoms with Crippen molar-refractivity contribution in [2.45, 2.75) is 56.4 Å². The number of hydrogen-bond acceptors (Lipinski definition) is 4. The highest BCUT2D eigenvalue weighted by Crippen LogP contribution is 2.32. The summed E-state index contributed by atoms with van der Waals surface area (Å²) in [4.78, 5) is 16.2. The summed E-state index contributed by atoms with van der Waals surface area (Å²) in [5.74, 6) is 0.980. The fraction of sp³-hybridized carbons (Fsp3) is 0.457. The average Bonchev–Trinajstić information content (AvgIpc) is 3.04. The first kappa shape index (κ1) is 30.6. The molecular weight excluding hydrogens is 547 g/mol. The van der Waals surface area contributed by atoms with Gasteiger partial charge in [0, 0.05) is 36.2 Å². The van der Waals surface area contributed by atoms with Crippen molar-refractivity contribution in [3.05, 3.63) is 89.7 Å². The molecular formula is C35H43FN2O3S. The van der Waals surface area contributed by atoms with Gasteiger partial charge in [0.25, 0.3) is 0 Å². The molecule has 1 aliphatic carbocycles. The molecule has 0 bridgehead atoms. The Balaban J connectivity index is 1.05. The molecule has 0 radical (unpaired) electrons. The van der Waals surface area contributed by atoms with E-state index in [2.05, 4.69) is 46.6 Å². The predicted octanol–water partition coefficient (Wildman–Crippen LogP) is 6.55. The molecule has 0 spiro atoms. The Morgan fingerprint density at radius 3 is 2.40 bits per heavy atom. The van der Waals surface area contributed by atoms with Gasteiger partial charge in [-0.3, -0.25) is 13.9 Å². The molecule has 0 aromatic heterocycles. The smallest absolute Gasteiger partial charge is 0.223 e. The Hall–Kier alpha value is -2.87. The van der Waals surface area contributed by atoms with Gasteiger partial charge in [-0.25, -0.2) is 4.39 Å². The number of morpholine rings is 1. The Kier molecular flexibility index (Phi) is 10.9. The van der Waals surface area contributed by atoms with E-state index in [1.165, 1.54) is 23.3 Å². The van der Waals surface area contributed by atoms with Crippen LogP contribution in [0.2, 0.25) is 0 Å². The minimum Gasteiger partial charge on any atom is -0.379 e. The first-order valence-corrected chi connectivity index (χ1v) is 16.7. The van der Waals surface area contributed by atoms with E-state index in [0.29, 0.717) is 11.7 Å². The number of nitrogens with one attached hydrogen (secondary N) is 1. The summed E-state index contributed by atoms with van der Waals surface area (Å²) in [6.45, 7) is 6.66. The summed E-state index contributed by atoms with van der Waals surface area (Å²) in [7, 11) is -1.03. The Bertz CT molecular complexity index is 1320. The van der Waals surface area contributed by atoms with Crippen LogP contribution in [0.15, 0.2) is 77.7 Å². The molecule has 42 heavy (non-hydrogen) atoms. The third-order valence-electron chi connectivity index (χ3n) is 8.86. The lowest BCUT2D eigenvalue weighted by Crippen LogP contribution is -2.37. The number of carbonyl (C=O) groups is 1. The van der Waals surface area contributed by atoms with E-state index in [1.54, 1.807) is 12.1 Å². The second-order valence-corrected chi connectivity index (χ2v) is 13.3. The van der Waals surface area contributed by atoms with Crippen molar-refractivity contribution in [2.24, 2.45) is 11.8 Å². The number of carbonyl (C=O) groups excluding carboxylic acids is 1. The van der Waals surface area contributed by atoms with Crippen LogP contribution in [-0.4, -0.2) is 53.6 Å². The van der Waals surface area contributed by atoms with Crippen LogP contribution in [0.25, 0.3) is 11.1 Å². The number of halogens is 1. The molecule has 3 aromatic carbocycles. The highest BCUT2D eigenvalue weighted by molar-refractivity contribution is 7.85. The molecule has 3 aromatic rings. The second-order valence-electron chi connectivity index (χ2n) is 11.8. The van der Waals surface area contributed by atoms with Crippen LogP contribution in [-0.2, 0) is 26.8 Å². The molecule has 5 nitrogen and oxygen atoms in total. The highest BCUT2D eigenvalue weighted by atomic mass is 32.2. The minimum absolute atomic E-state index is 0.0139. The molecule has 2 fully saturated rings. The SMILES string of the molecule is CC(NC(=O)C1CCC(CCS(=O)c2ccc(-c3cccc(CCN4CCOCC4)c3)cc2)CC1)c1ccc(F)cc1. The van der Waals surface area contributed by atoms with E-state index in [4.69, 9.17) is 4.74 Å². The van der Waals surface area contributed by atoms with Gasteiger partial charge in [0.1, 0.15) is 5.82 Å². The molecule has 2 aliphatic rings. The highest BCUT2D eigenvalue weighted by Gasteiger charge is 2.27. The first-order valence-electron chi connectivity index (χ1n) is 15.4. The van der Waals surface area contributed by atoms with Crippen LogP contribution in [0.4, 0.5) is 4.39 Å². The fourth-order valence-corrected chi connectivity index (χ4v) is 7.31. The molecule has 5 rings (SSSR count). The Labute approximate surface area is 252 Å². The molecule has 1 N–H and O–H groups in total. The second kappa shape index (κ2) is 15.0. The lowest BCUT2D eigenvalue weighted by molar-refractivity contribution is -0.126. The van der Waals surface area contributed by atoms with Gasteiger partial charge in [-0.2, -0.15) is 0 Å². The zero-order valence-corrected chi connectivity index (χ0v) is 25.4. The van der Waals surface area contributed by atoms with E-state index in [-0.39, 0.29) is 23.7 Å². The summed E-state index contributed by atoms with van der Waals surface area (Å²) < 4.78 is 31.7. The Morgan fingerprint density at radius 2 is 1.69 bits per heavy atom. The summed E-state index contributed by atoms with van der Waals surface area (Å²) in [6, 6.07) is 23.1. The van der Waals surface area contributed by atoms with E-state index in [9.17, 15) is 13.4 Å². The maximum Gasteiger partial charge on any atom is 0.223 e. The van der Waals surface area contributed by atoms with Crippen LogP contribution in [0, 0.1) is 17.7 Å². The maximum atomic E-state index is 13.2. The van der Waals surface area contributed by atoms with Gasteiger partial charge in [0.05, 0.1) is 30.1 Å². The van der Waals surface area contributed by atoms with Crippen molar-refractivity contribution in [1.29, 1.82) is 0 Å². The number of benzene rings is 3. The molecule has 7 heteroatoms. The number of rotatable bonds is 11. The summed E-state index contributed by atoms with van der Waals surface area (Å²) in [5, 5.41) is 3.09. The van der Waals surface area contributed by atoms with Crippen molar-refractivity contribution in [2.75, 3.05) is 38.6 Å². The van der Waals surface area contributed by atoms with Gasteiger partial charge >= 0.3 is 0 Å². The molecule has 2 atom stereocenters. The van der Waals surface area contributed by atoms with Gasteiger partial charge in [0.2, 0.25) is 5.91 Å². The number of hydrogen-bond donors (Lipinski definition) is 1. The first-order chi connectivity index (χ1) is 20.4. The van der Waals surface area contributed by atoms with Crippen molar-refractivity contribution in [3.8, 4) is 11.1 Å². The third-order valence-corrected chi connectivity index (χ3v) is 10.3. The van der Waals surface area contributed by atoms with Gasteiger partial charge in [0.15, 0.2) is 0 Å². The predicted molar refractivity (Wildman–Crippen MR) is 167 cm³/mol. The van der Waals surface area contributed by atoms with Crippen LogP contribution >= 0.6 is 0 Å². The van der Waals surface area contributed by atoms with E-state index < -0.39 is 10.8 Å². The zero-order chi connectivity index (χ0) is 29.3. The Morgan fingerprint density at radius 1 is 0.976 bits per heavy atom. The van der Waals surface area contributed by atoms with Crippen LogP contribution in [0.5, 0.6) is 0 Å². The largest absolute Gasteiger partial charge is 0.379 e. The van der Waals surface area contributed by atoms with Crippen molar-refractivity contribution in [1.82, 2.24) is 10.2 Å². The van der Waals surface area contributed by atoms with E-state index >= 15 is 0 Å². The molecule has 1 heterocycles. The van der Waals surface area contributed by atoms with Gasteiger partial charge in [-0.1, -0.05) is 48.5 Å². The topological polar surface area (TPSA) is 58.6 Å². The van der Waals surface area contributed by atoms with Crippen molar-refractivity contribution in [3.63, 3.8) is 0 Å². The van der Waals surface area contributed by atoms with Gasteiger partial charge < -0.3 is 10.1 Å². The lowest BCUT2D eigenvalue weighted by atomic mass is 9.80. The summed E-state index contributed by atoms with van der Waals surface area (Å²) >= 11 is 0. The molecule has 1 amide bonds. The van der Waals surface area contributed by atoms with Crippen molar-refractivity contribution >= 4 is 16.7 Å². The zero-order valence-electron chi connectivity index (χ0n) is 24.6. The summed E-state index contributed by atoms with van der Waals surface area (Å²) in [5.41, 5.74) is 4.58. The fourth-order valence-electron chi connectivity index (χ4n) is 6.09. The van der Waals surface area contributed by atoms with Crippen LogP contribution < -0.4 is 5.32 Å². The monoisotopic (exact) mass is 590 g/mol. The van der Waals surface area contributed by atoms with Gasteiger partial charge in [-0.05, 0) is 97.9 Å². The van der Waals surface area contributed by atoms with Crippen LogP contribution in [0.3, 0.4) is 0 Å².